The summed E-state index contributed by atoms with van der Waals surface area (Å²) in [6.45, 7) is 6.68. The van der Waals surface area contributed by atoms with E-state index in [4.69, 9.17) is 5.11 Å². The lowest BCUT2D eigenvalue weighted by Gasteiger charge is -2.28. The highest BCUT2D eigenvalue weighted by molar-refractivity contribution is 7.99. The van der Waals surface area contributed by atoms with E-state index in [0.717, 1.165) is 6.42 Å². The number of aliphatic carboxylic acids is 1. The fraction of sp³-hybridized carbons (Fsp3) is 0.636. The van der Waals surface area contributed by atoms with Crippen LogP contribution >= 0.6 is 11.8 Å². The van der Waals surface area contributed by atoms with Crippen molar-refractivity contribution in [2.75, 3.05) is 24.7 Å². The third-order valence-electron chi connectivity index (χ3n) is 2.53. The Morgan fingerprint density at radius 3 is 2.88 bits per heavy atom. The monoisotopic (exact) mass is 258 g/mol. The lowest BCUT2D eigenvalue weighted by molar-refractivity contribution is -0.140. The molecule has 5 nitrogen and oxygen atoms in total. The number of carbonyl (C=O) groups excluding carboxylic acids is 1. The molecule has 1 aliphatic rings. The third-order valence-corrected chi connectivity index (χ3v) is 3.54. The van der Waals surface area contributed by atoms with Gasteiger partial charge in [-0.15, -0.1) is 18.3 Å². The smallest absolute Gasteiger partial charge is 0.327 e. The normalized spacial score (nSPS) is 19.1. The Kier molecular flexibility index (Phi) is 5.34. The molecule has 1 atom stereocenters. The van der Waals surface area contributed by atoms with Crippen LogP contribution in [-0.2, 0) is 4.79 Å². The number of carboxylic acid groups (broad SMARTS) is 1. The summed E-state index contributed by atoms with van der Waals surface area (Å²) < 4.78 is 0. The summed E-state index contributed by atoms with van der Waals surface area (Å²) in [5.74, 6) is -0.0131. The zero-order valence-corrected chi connectivity index (χ0v) is 10.8. The van der Waals surface area contributed by atoms with Gasteiger partial charge in [-0.1, -0.05) is 13.0 Å². The van der Waals surface area contributed by atoms with Crippen LogP contribution in [-0.4, -0.2) is 57.7 Å². The zero-order chi connectivity index (χ0) is 12.8. The summed E-state index contributed by atoms with van der Waals surface area (Å²) in [5.41, 5.74) is 0. The van der Waals surface area contributed by atoms with Crippen molar-refractivity contribution in [2.24, 2.45) is 0 Å². The summed E-state index contributed by atoms with van der Waals surface area (Å²) in [6.07, 6.45) is 2.50. The Bertz CT molecular complexity index is 309. The van der Waals surface area contributed by atoms with E-state index >= 15 is 0 Å². The Morgan fingerprint density at radius 1 is 1.65 bits per heavy atom. The molecule has 0 spiro atoms. The second-order valence-corrected chi connectivity index (χ2v) is 4.84. The minimum absolute atomic E-state index is 0.204. The Morgan fingerprint density at radius 2 is 2.35 bits per heavy atom. The molecule has 0 radical (unpaired) electrons. The molecule has 0 aromatic heterocycles. The van der Waals surface area contributed by atoms with Crippen molar-refractivity contribution in [1.82, 2.24) is 9.80 Å². The van der Waals surface area contributed by atoms with E-state index in [-0.39, 0.29) is 6.03 Å². The molecule has 0 bridgehead atoms. The van der Waals surface area contributed by atoms with Gasteiger partial charge >= 0.3 is 12.0 Å². The first-order chi connectivity index (χ1) is 8.11. The standard InChI is InChI=1S/C11H18N2O3S/c1-3-5-12(6-4-2)11(16)13-8-17-7-9(13)10(14)15/h3,9H,1,4-8H2,2H3,(H,14,15). The molecule has 1 unspecified atom stereocenters. The molecule has 6 heteroatoms. The Labute approximate surface area is 105 Å². The molecule has 0 aliphatic carbocycles. The maximum Gasteiger partial charge on any atom is 0.327 e. The second-order valence-electron chi connectivity index (χ2n) is 3.84. The van der Waals surface area contributed by atoms with Crippen LogP contribution in [0.5, 0.6) is 0 Å². The van der Waals surface area contributed by atoms with Crippen molar-refractivity contribution in [3.63, 3.8) is 0 Å². The van der Waals surface area contributed by atoms with Gasteiger partial charge in [0.25, 0.3) is 0 Å². The van der Waals surface area contributed by atoms with Crippen LogP contribution in [0.2, 0.25) is 0 Å². The summed E-state index contributed by atoms with van der Waals surface area (Å²) in [5, 5.41) is 9.03. The average Bonchev–Trinajstić information content (AvgIpc) is 2.76. The minimum atomic E-state index is -0.932. The number of rotatable bonds is 5. The molecule has 96 valence electrons. The van der Waals surface area contributed by atoms with Crippen LogP contribution in [0.3, 0.4) is 0 Å². The van der Waals surface area contributed by atoms with Crippen molar-refractivity contribution in [3.8, 4) is 0 Å². The molecular weight excluding hydrogens is 240 g/mol. The van der Waals surface area contributed by atoms with Gasteiger partial charge in [-0.3, -0.25) is 0 Å². The van der Waals surface area contributed by atoms with E-state index < -0.39 is 12.0 Å². The van der Waals surface area contributed by atoms with Crippen LogP contribution in [0.1, 0.15) is 13.3 Å². The highest BCUT2D eigenvalue weighted by Gasteiger charge is 2.36. The van der Waals surface area contributed by atoms with E-state index in [1.54, 1.807) is 11.0 Å². The van der Waals surface area contributed by atoms with Gasteiger partial charge in [0, 0.05) is 18.8 Å². The van der Waals surface area contributed by atoms with Gasteiger partial charge in [0.2, 0.25) is 0 Å². The molecule has 1 N–H and O–H groups in total. The maximum absolute atomic E-state index is 12.2. The van der Waals surface area contributed by atoms with Crippen molar-refractivity contribution >= 4 is 23.8 Å². The van der Waals surface area contributed by atoms with Crippen LogP contribution in [0, 0.1) is 0 Å². The zero-order valence-electron chi connectivity index (χ0n) is 9.96. The highest BCUT2D eigenvalue weighted by Crippen LogP contribution is 2.22. The van der Waals surface area contributed by atoms with Gasteiger partial charge < -0.3 is 14.9 Å². The fourth-order valence-electron chi connectivity index (χ4n) is 1.71. The molecule has 1 fully saturated rings. The van der Waals surface area contributed by atoms with Crippen molar-refractivity contribution in [1.29, 1.82) is 0 Å². The molecule has 2 amide bonds. The van der Waals surface area contributed by atoms with Gasteiger partial charge in [-0.25, -0.2) is 9.59 Å². The number of urea groups is 1. The molecular formula is C11H18N2O3S. The number of amides is 2. The summed E-state index contributed by atoms with van der Waals surface area (Å²) in [4.78, 5) is 26.2. The lowest BCUT2D eigenvalue weighted by atomic mass is 10.3. The molecule has 1 saturated heterocycles. The van der Waals surface area contributed by atoms with E-state index in [2.05, 4.69) is 6.58 Å². The molecule has 0 aromatic carbocycles. The first kappa shape index (κ1) is 13.9. The minimum Gasteiger partial charge on any atom is -0.480 e. The predicted octanol–water partition coefficient (Wildman–Crippen LogP) is 1.46. The molecule has 0 aromatic rings. The lowest BCUT2D eigenvalue weighted by Crippen LogP contribution is -2.49. The SMILES string of the molecule is C=CCN(CCC)C(=O)N1CSCC1C(=O)O. The van der Waals surface area contributed by atoms with Crippen LogP contribution in [0.15, 0.2) is 12.7 Å². The Hall–Kier alpha value is -1.17. The first-order valence-electron chi connectivity index (χ1n) is 5.58. The van der Waals surface area contributed by atoms with Crippen LogP contribution in [0.4, 0.5) is 4.79 Å². The van der Waals surface area contributed by atoms with E-state index in [1.807, 2.05) is 6.92 Å². The van der Waals surface area contributed by atoms with E-state index in [1.165, 1.54) is 16.7 Å². The second kappa shape index (κ2) is 6.54. The number of hydrogen-bond donors (Lipinski definition) is 1. The van der Waals surface area contributed by atoms with Crippen molar-refractivity contribution in [2.45, 2.75) is 19.4 Å². The number of hydrogen-bond acceptors (Lipinski definition) is 3. The number of carboxylic acids is 1. The summed E-state index contributed by atoms with van der Waals surface area (Å²) in [6, 6.07) is -0.902. The number of thioether (sulfide) groups is 1. The Balaban J connectivity index is 2.71. The largest absolute Gasteiger partial charge is 0.480 e. The van der Waals surface area contributed by atoms with E-state index in [9.17, 15) is 9.59 Å². The van der Waals surface area contributed by atoms with Crippen molar-refractivity contribution in [3.05, 3.63) is 12.7 Å². The third kappa shape index (κ3) is 3.39. The predicted molar refractivity (Wildman–Crippen MR) is 68.0 cm³/mol. The molecule has 0 saturated carbocycles. The summed E-state index contributed by atoms with van der Waals surface area (Å²) >= 11 is 1.47. The maximum atomic E-state index is 12.2. The van der Waals surface area contributed by atoms with Gasteiger partial charge in [-0.2, -0.15) is 0 Å². The fourth-order valence-corrected chi connectivity index (χ4v) is 2.85. The number of nitrogens with zero attached hydrogens (tertiary/aromatic N) is 2. The van der Waals surface area contributed by atoms with Gasteiger partial charge in [0.15, 0.2) is 0 Å². The van der Waals surface area contributed by atoms with Gasteiger partial charge in [0.1, 0.15) is 6.04 Å². The summed E-state index contributed by atoms with van der Waals surface area (Å²) in [7, 11) is 0. The van der Waals surface area contributed by atoms with E-state index in [0.29, 0.717) is 24.7 Å². The van der Waals surface area contributed by atoms with Gasteiger partial charge in [0.05, 0.1) is 5.88 Å². The molecule has 1 heterocycles. The number of carbonyl (C=O) groups is 2. The van der Waals surface area contributed by atoms with Gasteiger partial charge in [-0.05, 0) is 6.42 Å². The molecule has 17 heavy (non-hydrogen) atoms. The average molecular weight is 258 g/mol. The molecule has 1 rings (SSSR count). The molecule has 1 aliphatic heterocycles. The quantitative estimate of drug-likeness (QED) is 0.758. The van der Waals surface area contributed by atoms with Crippen molar-refractivity contribution < 1.29 is 14.7 Å². The van der Waals surface area contributed by atoms with Crippen LogP contribution < -0.4 is 0 Å². The highest BCUT2D eigenvalue weighted by atomic mass is 32.2. The van der Waals surface area contributed by atoms with Crippen LogP contribution in [0.25, 0.3) is 0 Å². The first-order valence-corrected chi connectivity index (χ1v) is 6.74. The topological polar surface area (TPSA) is 60.9 Å².